The number of hydrogen-bond acceptors (Lipinski definition) is 6. The van der Waals surface area contributed by atoms with Crippen LogP contribution in [0.1, 0.15) is 5.69 Å². The normalized spacial score (nSPS) is 12.7. The lowest BCUT2D eigenvalue weighted by molar-refractivity contribution is 0.174. The van der Waals surface area contributed by atoms with Crippen molar-refractivity contribution in [2.24, 2.45) is 0 Å². The summed E-state index contributed by atoms with van der Waals surface area (Å²) in [5.74, 6) is 1.38. The second kappa shape index (κ2) is 7.99. The summed E-state index contributed by atoms with van der Waals surface area (Å²) in [7, 11) is -3.92. The zero-order valence-corrected chi connectivity index (χ0v) is 19.2. The Kier molecular flexibility index (Phi) is 5.15. The summed E-state index contributed by atoms with van der Waals surface area (Å²) in [6.07, 6.45) is 0. The van der Waals surface area contributed by atoms with Crippen LogP contribution in [0.3, 0.4) is 0 Å². The standard InChI is InChI=1S/C23H17BrN2O5S/c1-14-22(24)23(31-25-14)26-32(27,28)17-8-9-18(19(12-17)15-5-3-2-4-6-15)16-7-10-20-21(11-16)30-13-29-20/h2-12,26H,13H2,1H3. The Morgan fingerprint density at radius 2 is 1.69 bits per heavy atom. The maximum absolute atomic E-state index is 13.1. The Morgan fingerprint density at radius 3 is 2.44 bits per heavy atom. The van der Waals surface area contributed by atoms with Crippen LogP contribution in [0, 0.1) is 6.92 Å². The maximum atomic E-state index is 13.1. The molecule has 0 amide bonds. The molecule has 0 bridgehead atoms. The molecule has 1 aromatic heterocycles. The van der Waals surface area contributed by atoms with Crippen LogP contribution in [-0.2, 0) is 10.0 Å². The molecule has 1 aliphatic heterocycles. The summed E-state index contributed by atoms with van der Waals surface area (Å²) >= 11 is 3.29. The fourth-order valence-corrected chi connectivity index (χ4v) is 4.86. The summed E-state index contributed by atoms with van der Waals surface area (Å²) in [6, 6.07) is 20.3. The zero-order valence-electron chi connectivity index (χ0n) is 16.8. The molecule has 0 spiro atoms. The van der Waals surface area contributed by atoms with Crippen molar-refractivity contribution >= 4 is 31.8 Å². The number of hydrogen-bond donors (Lipinski definition) is 1. The molecule has 7 nitrogen and oxygen atoms in total. The maximum Gasteiger partial charge on any atom is 0.264 e. The van der Waals surface area contributed by atoms with Crippen LogP contribution < -0.4 is 14.2 Å². The van der Waals surface area contributed by atoms with Crippen molar-refractivity contribution in [3.05, 3.63) is 76.9 Å². The van der Waals surface area contributed by atoms with Crippen molar-refractivity contribution < 1.29 is 22.4 Å². The molecule has 0 aliphatic carbocycles. The van der Waals surface area contributed by atoms with Crippen LogP contribution in [0.2, 0.25) is 0 Å². The van der Waals surface area contributed by atoms with Crippen LogP contribution >= 0.6 is 15.9 Å². The van der Waals surface area contributed by atoms with E-state index in [2.05, 4.69) is 25.8 Å². The van der Waals surface area contributed by atoms with E-state index >= 15 is 0 Å². The molecule has 162 valence electrons. The van der Waals surface area contributed by atoms with Gasteiger partial charge in [0, 0.05) is 0 Å². The molecule has 1 N–H and O–H groups in total. The monoisotopic (exact) mass is 512 g/mol. The first kappa shape index (κ1) is 20.6. The third-order valence-corrected chi connectivity index (χ3v) is 7.35. The lowest BCUT2D eigenvalue weighted by Gasteiger charge is -2.14. The molecule has 0 fully saturated rings. The third-order valence-electron chi connectivity index (χ3n) is 5.09. The smallest absolute Gasteiger partial charge is 0.264 e. The van der Waals surface area contributed by atoms with Crippen molar-refractivity contribution in [2.75, 3.05) is 11.5 Å². The number of nitrogens with zero attached hydrogens (tertiary/aromatic N) is 1. The molecular weight excluding hydrogens is 496 g/mol. The number of fused-ring (bicyclic) bond motifs is 1. The second-order valence-electron chi connectivity index (χ2n) is 7.16. The van der Waals surface area contributed by atoms with Crippen molar-refractivity contribution in [2.45, 2.75) is 11.8 Å². The van der Waals surface area contributed by atoms with E-state index in [1.165, 1.54) is 0 Å². The molecule has 1 aliphatic rings. The van der Waals surface area contributed by atoms with Crippen LogP contribution in [0.4, 0.5) is 5.88 Å². The van der Waals surface area contributed by atoms with Crippen LogP contribution in [0.25, 0.3) is 22.3 Å². The lowest BCUT2D eigenvalue weighted by Crippen LogP contribution is -2.13. The largest absolute Gasteiger partial charge is 0.454 e. The van der Waals surface area contributed by atoms with Crippen LogP contribution in [0.15, 0.2) is 80.6 Å². The number of anilines is 1. The van der Waals surface area contributed by atoms with E-state index in [4.69, 9.17) is 14.0 Å². The quantitative estimate of drug-likeness (QED) is 0.373. The minimum absolute atomic E-state index is 0.0311. The van der Waals surface area contributed by atoms with Gasteiger partial charge in [0.2, 0.25) is 6.79 Å². The highest BCUT2D eigenvalue weighted by atomic mass is 79.9. The predicted octanol–water partition coefficient (Wildman–Crippen LogP) is 5.61. The molecule has 4 aromatic rings. The topological polar surface area (TPSA) is 90.7 Å². The molecule has 0 unspecified atom stereocenters. The van der Waals surface area contributed by atoms with Gasteiger partial charge < -0.3 is 14.0 Å². The highest BCUT2D eigenvalue weighted by Crippen LogP contribution is 2.40. The van der Waals surface area contributed by atoms with E-state index in [1.807, 2.05) is 48.5 Å². The van der Waals surface area contributed by atoms with Crippen molar-refractivity contribution in [3.8, 4) is 33.8 Å². The number of aromatic nitrogens is 1. The van der Waals surface area contributed by atoms with Crippen molar-refractivity contribution in [3.63, 3.8) is 0 Å². The summed E-state index contributed by atoms with van der Waals surface area (Å²) in [5, 5.41) is 3.77. The first-order chi connectivity index (χ1) is 15.4. The Labute approximate surface area is 193 Å². The average Bonchev–Trinajstić information content (AvgIpc) is 3.40. The fraction of sp³-hybridized carbons (Fsp3) is 0.0870. The molecule has 3 aromatic carbocycles. The second-order valence-corrected chi connectivity index (χ2v) is 9.63. The van der Waals surface area contributed by atoms with Crippen molar-refractivity contribution in [1.82, 2.24) is 5.16 Å². The minimum atomic E-state index is -3.92. The number of halogens is 1. The van der Waals surface area contributed by atoms with Gasteiger partial charge in [-0.25, -0.2) is 13.1 Å². The van der Waals surface area contributed by atoms with Crippen molar-refractivity contribution in [1.29, 1.82) is 0 Å². The van der Waals surface area contributed by atoms with Gasteiger partial charge in [-0.1, -0.05) is 47.6 Å². The van der Waals surface area contributed by atoms with Gasteiger partial charge in [0.1, 0.15) is 4.47 Å². The highest BCUT2D eigenvalue weighted by molar-refractivity contribution is 9.10. The molecule has 32 heavy (non-hydrogen) atoms. The first-order valence-electron chi connectivity index (χ1n) is 9.66. The van der Waals surface area contributed by atoms with Crippen LogP contribution in [0.5, 0.6) is 11.5 Å². The highest BCUT2D eigenvalue weighted by Gasteiger charge is 2.22. The average molecular weight is 513 g/mol. The fourth-order valence-electron chi connectivity index (χ4n) is 3.47. The van der Waals surface area contributed by atoms with E-state index in [0.717, 1.165) is 22.3 Å². The van der Waals surface area contributed by atoms with Gasteiger partial charge in [0.05, 0.1) is 10.6 Å². The van der Waals surface area contributed by atoms with Gasteiger partial charge in [0.25, 0.3) is 15.9 Å². The summed E-state index contributed by atoms with van der Waals surface area (Å²) < 4.78 is 45.1. The van der Waals surface area contributed by atoms with Gasteiger partial charge >= 0.3 is 0 Å². The summed E-state index contributed by atoms with van der Waals surface area (Å²) in [4.78, 5) is 0.0989. The minimum Gasteiger partial charge on any atom is -0.454 e. The molecule has 9 heteroatoms. The van der Waals surface area contributed by atoms with Gasteiger partial charge in [-0.15, -0.1) is 0 Å². The molecular formula is C23H17BrN2O5S. The van der Waals surface area contributed by atoms with Gasteiger partial charge in [-0.05, 0) is 69.4 Å². The number of aryl methyl sites for hydroxylation is 1. The van der Waals surface area contributed by atoms with Gasteiger partial charge in [-0.2, -0.15) is 0 Å². The third kappa shape index (κ3) is 3.74. The van der Waals surface area contributed by atoms with E-state index in [-0.39, 0.29) is 17.6 Å². The van der Waals surface area contributed by atoms with Gasteiger partial charge in [-0.3, -0.25) is 0 Å². The summed E-state index contributed by atoms with van der Waals surface area (Å²) in [6.45, 7) is 1.89. The molecule has 0 atom stereocenters. The zero-order chi connectivity index (χ0) is 22.3. The number of ether oxygens (including phenoxy) is 2. The summed E-state index contributed by atoms with van der Waals surface area (Å²) in [5.41, 5.74) is 3.95. The molecule has 2 heterocycles. The van der Waals surface area contributed by atoms with E-state index in [1.54, 1.807) is 25.1 Å². The molecule has 0 radical (unpaired) electrons. The van der Waals surface area contributed by atoms with E-state index in [0.29, 0.717) is 21.7 Å². The molecule has 0 saturated heterocycles. The van der Waals surface area contributed by atoms with Crippen LogP contribution in [-0.4, -0.2) is 20.4 Å². The Balaban J connectivity index is 1.61. The number of rotatable bonds is 5. The number of sulfonamides is 1. The Bertz CT molecular complexity index is 1420. The van der Waals surface area contributed by atoms with E-state index < -0.39 is 10.0 Å². The predicted molar refractivity (Wildman–Crippen MR) is 123 cm³/mol. The number of nitrogens with one attached hydrogen (secondary N) is 1. The molecule has 5 rings (SSSR count). The van der Waals surface area contributed by atoms with Gasteiger partial charge in [0.15, 0.2) is 11.5 Å². The number of benzene rings is 3. The Hall–Kier alpha value is -3.30. The lowest BCUT2D eigenvalue weighted by atomic mass is 9.94. The SMILES string of the molecule is Cc1noc(NS(=O)(=O)c2ccc(-c3ccc4c(c3)OCO4)c(-c3ccccc3)c2)c1Br. The van der Waals surface area contributed by atoms with E-state index in [9.17, 15) is 8.42 Å². The Morgan fingerprint density at radius 1 is 0.906 bits per heavy atom. The first-order valence-corrected chi connectivity index (χ1v) is 11.9. The molecule has 0 saturated carbocycles.